The number of likely N-dealkylation sites (tertiary alicyclic amines) is 1. The summed E-state index contributed by atoms with van der Waals surface area (Å²) in [5.74, 6) is 1.04. The van der Waals surface area contributed by atoms with Crippen molar-refractivity contribution < 1.29 is 9.32 Å². The Morgan fingerprint density at radius 2 is 1.96 bits per heavy atom. The highest BCUT2D eigenvalue weighted by Crippen LogP contribution is 2.13. The summed E-state index contributed by atoms with van der Waals surface area (Å²) in [6, 6.07) is 12.9. The molecular weight excluding hydrogens is 342 g/mol. The fraction of sp³-hybridized carbons (Fsp3) is 0.476. The van der Waals surface area contributed by atoms with E-state index in [1.807, 2.05) is 6.07 Å². The summed E-state index contributed by atoms with van der Waals surface area (Å²) in [4.78, 5) is 1.58. The Kier molecular flexibility index (Phi) is 7.09. The van der Waals surface area contributed by atoms with Crippen LogP contribution in [0.25, 0.3) is 0 Å². The van der Waals surface area contributed by atoms with Gasteiger partial charge in [0.2, 0.25) is 0 Å². The van der Waals surface area contributed by atoms with Gasteiger partial charge in [0.15, 0.2) is 16.9 Å². The van der Waals surface area contributed by atoms with Gasteiger partial charge in [-0.25, -0.2) is 0 Å². The molecule has 1 aliphatic heterocycles. The number of hydrogen-bond donors (Lipinski definition) is 3. The van der Waals surface area contributed by atoms with E-state index in [2.05, 4.69) is 47.9 Å². The highest BCUT2D eigenvalue weighted by molar-refractivity contribution is 7.80. The van der Waals surface area contributed by atoms with Gasteiger partial charge < -0.3 is 20.0 Å². The first-order valence-corrected chi connectivity index (χ1v) is 10.2. The second-order valence-electron chi connectivity index (χ2n) is 7.07. The number of nitrogens with one attached hydrogen (secondary N) is 3. The van der Waals surface area contributed by atoms with Crippen LogP contribution < -0.4 is 15.5 Å². The summed E-state index contributed by atoms with van der Waals surface area (Å²) < 4.78 is 5.68. The predicted molar refractivity (Wildman–Crippen MR) is 111 cm³/mol. The maximum atomic E-state index is 5.68. The number of unbranched alkanes of at least 4 members (excludes halogenated alkanes) is 1. The molecule has 1 aliphatic rings. The molecule has 0 aliphatic carbocycles. The van der Waals surface area contributed by atoms with Gasteiger partial charge in [-0.1, -0.05) is 25.5 Å². The van der Waals surface area contributed by atoms with Crippen LogP contribution in [0.4, 0.5) is 5.69 Å². The first-order valence-electron chi connectivity index (χ1n) is 9.78. The maximum absolute atomic E-state index is 5.68. The third-order valence-electron chi connectivity index (χ3n) is 5.12. The smallest absolute Gasteiger partial charge is 0.171 e. The minimum atomic E-state index is 0.309. The van der Waals surface area contributed by atoms with Crippen LogP contribution in [0.2, 0.25) is 0 Å². The molecule has 3 rings (SSSR count). The van der Waals surface area contributed by atoms with Crippen molar-refractivity contribution in [1.29, 1.82) is 0 Å². The summed E-state index contributed by atoms with van der Waals surface area (Å²) in [5.41, 5.74) is 2.41. The van der Waals surface area contributed by atoms with Crippen molar-refractivity contribution in [3.8, 4) is 0 Å². The lowest BCUT2D eigenvalue weighted by atomic mass is 10.1. The summed E-state index contributed by atoms with van der Waals surface area (Å²) in [6.07, 6.45) is 7.94. The largest absolute Gasteiger partial charge is 0.463 e. The first-order chi connectivity index (χ1) is 12.8. The zero-order valence-corrected chi connectivity index (χ0v) is 16.4. The number of anilines is 1. The minimum absolute atomic E-state index is 0.309. The maximum Gasteiger partial charge on any atom is 0.171 e. The molecule has 0 spiro atoms. The van der Waals surface area contributed by atoms with Crippen LogP contribution in [0, 0.1) is 0 Å². The molecule has 0 amide bonds. The molecule has 1 saturated heterocycles. The highest BCUT2D eigenvalue weighted by Gasteiger charge is 2.29. The molecule has 4 nitrogen and oxygen atoms in total. The molecule has 2 heterocycles. The SMILES string of the molecule is CCCCc1ccc(NC(=S)NC[C@H](c2ccco2)[NH+]2CCCC2)cc1. The number of quaternary nitrogens is 1. The molecule has 0 saturated carbocycles. The molecule has 1 atom stereocenters. The molecule has 1 aromatic carbocycles. The first kappa shape index (κ1) is 18.9. The van der Waals surface area contributed by atoms with E-state index in [4.69, 9.17) is 16.6 Å². The van der Waals surface area contributed by atoms with Crippen molar-refractivity contribution in [2.24, 2.45) is 0 Å². The van der Waals surface area contributed by atoms with Gasteiger partial charge in [-0.15, -0.1) is 0 Å². The molecule has 0 unspecified atom stereocenters. The number of aryl methyl sites for hydroxylation is 1. The Morgan fingerprint density at radius 1 is 1.19 bits per heavy atom. The normalized spacial score (nSPS) is 15.7. The Morgan fingerprint density at radius 3 is 2.62 bits per heavy atom. The van der Waals surface area contributed by atoms with Gasteiger partial charge in [0.25, 0.3) is 0 Å². The van der Waals surface area contributed by atoms with Crippen molar-refractivity contribution >= 4 is 23.0 Å². The van der Waals surface area contributed by atoms with E-state index in [-0.39, 0.29) is 0 Å². The third kappa shape index (κ3) is 5.32. The molecular formula is C21H30N3OS+. The van der Waals surface area contributed by atoms with Crippen molar-refractivity contribution in [2.75, 3.05) is 25.0 Å². The van der Waals surface area contributed by atoms with Crippen molar-refractivity contribution in [3.05, 3.63) is 54.0 Å². The number of benzene rings is 1. The van der Waals surface area contributed by atoms with E-state index in [1.54, 1.807) is 11.2 Å². The summed E-state index contributed by atoms with van der Waals surface area (Å²) >= 11 is 5.50. The van der Waals surface area contributed by atoms with Gasteiger partial charge in [0.1, 0.15) is 0 Å². The van der Waals surface area contributed by atoms with E-state index < -0.39 is 0 Å². The van der Waals surface area contributed by atoms with Gasteiger partial charge in [-0.3, -0.25) is 0 Å². The number of furan rings is 1. The topological polar surface area (TPSA) is 41.6 Å². The number of thiocarbonyl (C=S) groups is 1. The Hall–Kier alpha value is -1.85. The highest BCUT2D eigenvalue weighted by atomic mass is 32.1. The van der Waals surface area contributed by atoms with Gasteiger partial charge in [0.05, 0.1) is 25.9 Å². The Balaban J connectivity index is 1.52. The Bertz CT molecular complexity index is 663. The minimum Gasteiger partial charge on any atom is -0.463 e. The number of rotatable bonds is 8. The zero-order chi connectivity index (χ0) is 18.2. The lowest BCUT2D eigenvalue weighted by Crippen LogP contribution is -3.11. The zero-order valence-electron chi connectivity index (χ0n) is 15.6. The van der Waals surface area contributed by atoms with Gasteiger partial charge in [-0.2, -0.15) is 0 Å². The van der Waals surface area contributed by atoms with Gasteiger partial charge in [0, 0.05) is 18.5 Å². The van der Waals surface area contributed by atoms with Crippen LogP contribution >= 0.6 is 12.2 Å². The van der Waals surface area contributed by atoms with E-state index in [0.717, 1.165) is 24.4 Å². The third-order valence-corrected chi connectivity index (χ3v) is 5.37. The fourth-order valence-corrected chi connectivity index (χ4v) is 3.82. The predicted octanol–water partition coefficient (Wildman–Crippen LogP) is 3.33. The fourth-order valence-electron chi connectivity index (χ4n) is 3.62. The summed E-state index contributed by atoms with van der Waals surface area (Å²) in [5, 5.41) is 7.35. The summed E-state index contributed by atoms with van der Waals surface area (Å²) in [7, 11) is 0. The average molecular weight is 373 g/mol. The van der Waals surface area contributed by atoms with Crippen molar-refractivity contribution in [2.45, 2.75) is 45.1 Å². The lowest BCUT2D eigenvalue weighted by molar-refractivity contribution is -0.919. The van der Waals surface area contributed by atoms with E-state index in [9.17, 15) is 0 Å². The Labute approximate surface area is 162 Å². The summed E-state index contributed by atoms with van der Waals surface area (Å²) in [6.45, 7) is 5.40. The molecule has 140 valence electrons. The lowest BCUT2D eigenvalue weighted by Gasteiger charge is -2.23. The van der Waals surface area contributed by atoms with Crippen LogP contribution in [0.1, 0.15) is 50.0 Å². The van der Waals surface area contributed by atoms with Gasteiger partial charge in [-0.05, 0) is 54.9 Å². The molecule has 2 aromatic rings. The molecule has 26 heavy (non-hydrogen) atoms. The quantitative estimate of drug-likeness (QED) is 0.622. The van der Waals surface area contributed by atoms with Crippen LogP contribution in [0.15, 0.2) is 47.1 Å². The molecule has 1 fully saturated rings. The molecule has 5 heteroatoms. The molecule has 0 bridgehead atoms. The average Bonchev–Trinajstić information content (AvgIpc) is 3.36. The molecule has 3 N–H and O–H groups in total. The standard InChI is InChI=1S/C21H29N3OS/c1-2-3-7-17-9-11-18(12-10-17)23-21(26)22-16-19(20-8-6-15-25-20)24-13-4-5-14-24/h6,8-12,15,19H,2-5,7,13-14,16H2,1H3,(H2,22,23,26)/p+1/t19-/m1/s1. The number of hydrogen-bond acceptors (Lipinski definition) is 2. The van der Waals surface area contributed by atoms with Crippen LogP contribution in [-0.4, -0.2) is 24.7 Å². The van der Waals surface area contributed by atoms with Crippen LogP contribution in [-0.2, 0) is 6.42 Å². The second kappa shape index (κ2) is 9.74. The molecule has 0 radical (unpaired) electrons. The van der Waals surface area contributed by atoms with Crippen molar-refractivity contribution in [1.82, 2.24) is 5.32 Å². The monoisotopic (exact) mass is 372 g/mol. The van der Waals surface area contributed by atoms with E-state index in [1.165, 1.54) is 44.3 Å². The van der Waals surface area contributed by atoms with Crippen LogP contribution in [0.5, 0.6) is 0 Å². The van der Waals surface area contributed by atoms with Crippen LogP contribution in [0.3, 0.4) is 0 Å². The molecule has 1 aromatic heterocycles. The second-order valence-corrected chi connectivity index (χ2v) is 7.48. The van der Waals surface area contributed by atoms with Crippen molar-refractivity contribution in [3.63, 3.8) is 0 Å². The van der Waals surface area contributed by atoms with Gasteiger partial charge >= 0.3 is 0 Å². The van der Waals surface area contributed by atoms with E-state index in [0.29, 0.717) is 11.2 Å². The van der Waals surface area contributed by atoms with E-state index >= 15 is 0 Å².